The van der Waals surface area contributed by atoms with Gasteiger partial charge in [0, 0.05) is 60.3 Å². The van der Waals surface area contributed by atoms with Crippen molar-refractivity contribution in [3.63, 3.8) is 0 Å². The molecule has 0 aliphatic carbocycles. The van der Waals surface area contributed by atoms with Gasteiger partial charge in [0.2, 0.25) is 0 Å². The fourth-order valence-corrected chi connectivity index (χ4v) is 8.98. The van der Waals surface area contributed by atoms with Crippen LogP contribution in [0.25, 0.3) is 110 Å². The number of fused-ring (bicyclic) bond motifs is 12. The zero-order valence-corrected chi connectivity index (χ0v) is 29.6. The molecule has 0 atom stereocenters. The van der Waals surface area contributed by atoms with Crippen molar-refractivity contribution in [1.82, 2.24) is 9.13 Å². The van der Waals surface area contributed by atoms with Crippen molar-refractivity contribution in [3.05, 3.63) is 169 Å². The molecule has 12 aromatic rings. The molecule has 0 saturated heterocycles. The monoisotopic (exact) mass is 714 g/mol. The molecular formula is C50H26N4O2. The molecule has 0 fully saturated rings. The van der Waals surface area contributed by atoms with Gasteiger partial charge < -0.3 is 18.0 Å². The van der Waals surface area contributed by atoms with Gasteiger partial charge in [0.25, 0.3) is 0 Å². The van der Waals surface area contributed by atoms with Gasteiger partial charge >= 0.3 is 0 Å². The third kappa shape index (κ3) is 4.07. The van der Waals surface area contributed by atoms with E-state index in [0.717, 1.165) is 110 Å². The van der Waals surface area contributed by atoms with Gasteiger partial charge in [0.1, 0.15) is 28.4 Å². The summed E-state index contributed by atoms with van der Waals surface area (Å²) < 4.78 is 17.3. The normalized spacial score (nSPS) is 11.9. The van der Waals surface area contributed by atoms with E-state index in [0.29, 0.717) is 11.1 Å². The topological polar surface area (TPSA) is 83.7 Å². The van der Waals surface area contributed by atoms with Crippen LogP contribution in [0.2, 0.25) is 0 Å². The molecule has 4 aromatic heterocycles. The lowest BCUT2D eigenvalue weighted by atomic mass is 9.96. The van der Waals surface area contributed by atoms with Crippen LogP contribution in [0, 0.1) is 22.7 Å². The Morgan fingerprint density at radius 1 is 0.375 bits per heavy atom. The number of furan rings is 2. The Hall–Kier alpha value is -8.06. The van der Waals surface area contributed by atoms with Crippen molar-refractivity contribution in [2.24, 2.45) is 0 Å². The van der Waals surface area contributed by atoms with Crippen LogP contribution < -0.4 is 0 Å². The average molecular weight is 715 g/mol. The largest absolute Gasteiger partial charge is 0.456 e. The highest BCUT2D eigenvalue weighted by Crippen LogP contribution is 2.44. The predicted octanol–water partition coefficient (Wildman–Crippen LogP) is 13.1. The van der Waals surface area contributed by atoms with Crippen LogP contribution in [0.4, 0.5) is 0 Å². The summed E-state index contributed by atoms with van der Waals surface area (Å²) in [6.45, 7) is 0. The van der Waals surface area contributed by atoms with Gasteiger partial charge in [-0.1, -0.05) is 91.0 Å². The smallest absolute Gasteiger partial charge is 0.137 e. The Morgan fingerprint density at radius 3 is 1.66 bits per heavy atom. The van der Waals surface area contributed by atoms with Crippen molar-refractivity contribution >= 4 is 87.5 Å². The van der Waals surface area contributed by atoms with Gasteiger partial charge in [-0.25, -0.2) is 0 Å². The highest BCUT2D eigenvalue weighted by molar-refractivity contribution is 6.19. The molecule has 8 aromatic carbocycles. The molecule has 0 spiro atoms. The van der Waals surface area contributed by atoms with E-state index < -0.39 is 0 Å². The molecule has 0 N–H and O–H groups in total. The van der Waals surface area contributed by atoms with E-state index >= 15 is 0 Å². The van der Waals surface area contributed by atoms with Gasteiger partial charge in [0.05, 0.1) is 50.6 Å². The van der Waals surface area contributed by atoms with Crippen LogP contribution in [0.1, 0.15) is 11.1 Å². The fraction of sp³-hybridized carbons (Fsp3) is 0. The highest BCUT2D eigenvalue weighted by atomic mass is 16.3. The van der Waals surface area contributed by atoms with Crippen LogP contribution in [0.3, 0.4) is 0 Å². The Balaban J connectivity index is 1.21. The second kappa shape index (κ2) is 11.2. The molecular weight excluding hydrogens is 689 g/mol. The van der Waals surface area contributed by atoms with Gasteiger partial charge in [-0.3, -0.25) is 0 Å². The number of benzene rings is 8. The maximum atomic E-state index is 10.8. The minimum Gasteiger partial charge on any atom is -0.456 e. The first-order valence-electron chi connectivity index (χ1n) is 18.5. The number of hydrogen-bond donors (Lipinski definition) is 0. The van der Waals surface area contributed by atoms with Crippen LogP contribution in [-0.4, -0.2) is 9.13 Å². The molecule has 0 aliphatic heterocycles. The number of para-hydroxylation sites is 5. The van der Waals surface area contributed by atoms with Gasteiger partial charge in [-0.05, 0) is 60.7 Å². The molecule has 0 amide bonds. The average Bonchev–Trinajstić information content (AvgIpc) is 3.98. The lowest BCUT2D eigenvalue weighted by Gasteiger charge is -2.19. The standard InChI is InChI=1S/C50H26N4O2/c51-27-29-20-21-33(43(22-29)53-41-16-5-1-12-32(41)38-25-48-40(24-44(38)53)35-14-4-8-19-47(35)55-48)36-15-9-10-30(28-52)50(36)54-42-17-6-2-11-31(42)37-23-39-34-13-3-7-18-46(34)56-49(39)26-45(37)54/h1-26H. The Labute approximate surface area is 318 Å². The molecule has 0 aliphatic rings. The molecule has 4 heterocycles. The number of nitriles is 2. The summed E-state index contributed by atoms with van der Waals surface area (Å²) in [6, 6.07) is 58.3. The summed E-state index contributed by atoms with van der Waals surface area (Å²) in [4.78, 5) is 0. The molecule has 6 nitrogen and oxygen atoms in total. The number of nitrogens with zero attached hydrogens (tertiary/aromatic N) is 4. The summed E-state index contributed by atoms with van der Waals surface area (Å²) in [6.07, 6.45) is 0. The second-order valence-electron chi connectivity index (χ2n) is 14.3. The van der Waals surface area contributed by atoms with E-state index in [2.05, 4.69) is 100 Å². The molecule has 258 valence electrons. The third-order valence-corrected chi connectivity index (χ3v) is 11.4. The van der Waals surface area contributed by atoms with Crippen molar-refractivity contribution in [2.75, 3.05) is 0 Å². The van der Waals surface area contributed by atoms with E-state index in [1.165, 1.54) is 0 Å². The van der Waals surface area contributed by atoms with E-state index in [1.54, 1.807) is 0 Å². The predicted molar refractivity (Wildman–Crippen MR) is 225 cm³/mol. The Morgan fingerprint density at radius 2 is 0.964 bits per heavy atom. The first kappa shape index (κ1) is 30.4. The summed E-state index contributed by atoms with van der Waals surface area (Å²) in [5.41, 5.74) is 11.6. The molecule has 0 unspecified atom stereocenters. The molecule has 0 bridgehead atoms. The minimum absolute atomic E-state index is 0.527. The molecule has 0 radical (unpaired) electrons. The molecule has 56 heavy (non-hydrogen) atoms. The zero-order valence-electron chi connectivity index (χ0n) is 29.6. The van der Waals surface area contributed by atoms with Crippen molar-refractivity contribution in [3.8, 4) is 34.6 Å². The van der Waals surface area contributed by atoms with Gasteiger partial charge in [-0.2, -0.15) is 10.5 Å². The van der Waals surface area contributed by atoms with Crippen LogP contribution in [-0.2, 0) is 0 Å². The second-order valence-corrected chi connectivity index (χ2v) is 14.3. The Kier molecular flexibility index (Phi) is 6.10. The van der Waals surface area contributed by atoms with Crippen molar-refractivity contribution in [2.45, 2.75) is 0 Å². The molecule has 6 heteroatoms. The lowest BCUT2D eigenvalue weighted by Crippen LogP contribution is -2.04. The molecule has 0 saturated carbocycles. The van der Waals surface area contributed by atoms with Crippen LogP contribution >= 0.6 is 0 Å². The maximum absolute atomic E-state index is 10.8. The first-order chi connectivity index (χ1) is 27.7. The number of hydrogen-bond acceptors (Lipinski definition) is 4. The SMILES string of the molecule is N#Cc1ccc(-c2cccc(C#N)c2-n2c3ccccc3c3cc4c(cc32)oc2ccccc24)c(-n2c3ccccc3c3cc4oc5ccccc5c4cc32)c1. The highest BCUT2D eigenvalue weighted by Gasteiger charge is 2.24. The molecule has 12 rings (SSSR count). The summed E-state index contributed by atoms with van der Waals surface area (Å²) in [5, 5.41) is 29.6. The van der Waals surface area contributed by atoms with Crippen LogP contribution in [0.5, 0.6) is 0 Å². The van der Waals surface area contributed by atoms with E-state index in [4.69, 9.17) is 8.83 Å². The zero-order chi connectivity index (χ0) is 37.1. The maximum Gasteiger partial charge on any atom is 0.137 e. The van der Waals surface area contributed by atoms with Crippen LogP contribution in [0.15, 0.2) is 167 Å². The summed E-state index contributed by atoms with van der Waals surface area (Å²) in [7, 11) is 0. The number of rotatable bonds is 3. The lowest BCUT2D eigenvalue weighted by molar-refractivity contribution is 0.669. The van der Waals surface area contributed by atoms with E-state index in [9.17, 15) is 10.5 Å². The Bertz CT molecular complexity index is 3750. The summed E-state index contributed by atoms with van der Waals surface area (Å²) >= 11 is 0. The first-order valence-corrected chi connectivity index (χ1v) is 18.5. The third-order valence-electron chi connectivity index (χ3n) is 11.4. The van der Waals surface area contributed by atoms with Crippen molar-refractivity contribution in [1.29, 1.82) is 10.5 Å². The number of aromatic nitrogens is 2. The fourth-order valence-electron chi connectivity index (χ4n) is 8.98. The van der Waals surface area contributed by atoms with Crippen molar-refractivity contribution < 1.29 is 8.83 Å². The minimum atomic E-state index is 0.527. The van der Waals surface area contributed by atoms with Gasteiger partial charge in [0.15, 0.2) is 0 Å². The quantitative estimate of drug-likeness (QED) is 0.182. The van der Waals surface area contributed by atoms with Gasteiger partial charge in [-0.15, -0.1) is 0 Å². The summed E-state index contributed by atoms with van der Waals surface area (Å²) in [5.74, 6) is 0. The van der Waals surface area contributed by atoms with E-state index in [1.807, 2.05) is 78.9 Å². The van der Waals surface area contributed by atoms with E-state index in [-0.39, 0.29) is 0 Å².